The molecular formula is C19H20F3N7O. The van der Waals surface area contributed by atoms with Crippen molar-refractivity contribution in [2.75, 3.05) is 10.6 Å². The molecule has 30 heavy (non-hydrogen) atoms. The molecule has 1 saturated carbocycles. The number of carbonyl (C=O) groups excluding carboxylic acids is 1. The molecular weight excluding hydrogens is 399 g/mol. The normalized spacial score (nSPS) is 19.6. The molecule has 3 aromatic rings. The van der Waals surface area contributed by atoms with Gasteiger partial charge in [0.1, 0.15) is 11.4 Å². The van der Waals surface area contributed by atoms with E-state index in [1.807, 2.05) is 0 Å². The minimum Gasteiger partial charge on any atom is -0.366 e. The van der Waals surface area contributed by atoms with Crippen LogP contribution in [0.2, 0.25) is 0 Å². The molecule has 0 unspecified atom stereocenters. The SMILES string of the molecule is N[C@H]1CCCC[C@H]1Nc1ccn2ncc(C(=O)Nc3ccncc3C(F)(F)F)c2n1. The number of nitrogens with two attached hydrogens (primary N) is 1. The lowest BCUT2D eigenvalue weighted by molar-refractivity contribution is -0.137. The first-order valence-electron chi connectivity index (χ1n) is 9.52. The van der Waals surface area contributed by atoms with Crippen LogP contribution in [-0.2, 0) is 6.18 Å². The molecule has 0 bridgehead atoms. The van der Waals surface area contributed by atoms with E-state index in [0.29, 0.717) is 12.0 Å². The smallest absolute Gasteiger partial charge is 0.366 e. The molecule has 0 saturated heterocycles. The fourth-order valence-electron chi connectivity index (χ4n) is 3.56. The number of alkyl halides is 3. The van der Waals surface area contributed by atoms with Crippen LogP contribution in [0.4, 0.5) is 24.7 Å². The summed E-state index contributed by atoms with van der Waals surface area (Å²) in [6, 6.07) is 2.89. The van der Waals surface area contributed by atoms with Gasteiger partial charge in [0.15, 0.2) is 5.65 Å². The lowest BCUT2D eigenvalue weighted by atomic mass is 9.91. The van der Waals surface area contributed by atoms with Crippen molar-refractivity contribution in [3.8, 4) is 0 Å². The van der Waals surface area contributed by atoms with Crippen molar-refractivity contribution in [1.29, 1.82) is 0 Å². The third-order valence-corrected chi connectivity index (χ3v) is 5.14. The second-order valence-corrected chi connectivity index (χ2v) is 7.21. The molecule has 8 nitrogen and oxygen atoms in total. The van der Waals surface area contributed by atoms with Crippen LogP contribution in [-0.4, -0.2) is 37.6 Å². The zero-order valence-corrected chi connectivity index (χ0v) is 15.9. The maximum atomic E-state index is 13.2. The first-order chi connectivity index (χ1) is 14.3. The molecule has 1 amide bonds. The van der Waals surface area contributed by atoms with Crippen molar-refractivity contribution < 1.29 is 18.0 Å². The summed E-state index contributed by atoms with van der Waals surface area (Å²) in [5.74, 6) is -0.222. The van der Waals surface area contributed by atoms with E-state index in [4.69, 9.17) is 5.73 Å². The van der Waals surface area contributed by atoms with E-state index in [1.165, 1.54) is 16.9 Å². The lowest BCUT2D eigenvalue weighted by Crippen LogP contribution is -2.42. The van der Waals surface area contributed by atoms with Gasteiger partial charge in [0.2, 0.25) is 0 Å². The molecule has 4 N–H and O–H groups in total. The largest absolute Gasteiger partial charge is 0.419 e. The van der Waals surface area contributed by atoms with E-state index in [0.717, 1.165) is 31.7 Å². The van der Waals surface area contributed by atoms with Crippen molar-refractivity contribution in [1.82, 2.24) is 19.6 Å². The Morgan fingerprint density at radius 3 is 2.77 bits per heavy atom. The number of hydrogen-bond donors (Lipinski definition) is 3. The van der Waals surface area contributed by atoms with Gasteiger partial charge >= 0.3 is 6.18 Å². The van der Waals surface area contributed by atoms with E-state index in [2.05, 4.69) is 25.7 Å². The maximum absolute atomic E-state index is 13.2. The van der Waals surface area contributed by atoms with E-state index in [-0.39, 0.29) is 29.0 Å². The zero-order chi connectivity index (χ0) is 21.3. The van der Waals surface area contributed by atoms with Crippen molar-refractivity contribution in [2.45, 2.75) is 43.9 Å². The quantitative estimate of drug-likeness (QED) is 0.600. The topological polar surface area (TPSA) is 110 Å². The number of halogens is 3. The Morgan fingerprint density at radius 2 is 2.00 bits per heavy atom. The number of nitrogens with one attached hydrogen (secondary N) is 2. The molecule has 4 rings (SSSR count). The number of rotatable bonds is 4. The Morgan fingerprint density at radius 1 is 1.20 bits per heavy atom. The molecule has 1 fully saturated rings. The van der Waals surface area contributed by atoms with Crippen LogP contribution in [0.25, 0.3) is 5.65 Å². The van der Waals surface area contributed by atoms with E-state index < -0.39 is 17.6 Å². The molecule has 0 radical (unpaired) electrons. The van der Waals surface area contributed by atoms with Crippen LogP contribution >= 0.6 is 0 Å². The highest BCUT2D eigenvalue weighted by Crippen LogP contribution is 2.34. The number of nitrogens with zero attached hydrogens (tertiary/aromatic N) is 4. The zero-order valence-electron chi connectivity index (χ0n) is 15.9. The summed E-state index contributed by atoms with van der Waals surface area (Å²) < 4.78 is 40.9. The summed E-state index contributed by atoms with van der Waals surface area (Å²) in [6.07, 6.45) is 4.09. The van der Waals surface area contributed by atoms with Gasteiger partial charge in [-0.05, 0) is 25.0 Å². The third-order valence-electron chi connectivity index (χ3n) is 5.14. The van der Waals surface area contributed by atoms with Crippen LogP contribution in [0, 0.1) is 0 Å². The Labute approximate surface area is 169 Å². The third kappa shape index (κ3) is 4.06. The van der Waals surface area contributed by atoms with Gasteiger partial charge in [-0.1, -0.05) is 12.8 Å². The summed E-state index contributed by atoms with van der Waals surface area (Å²) >= 11 is 0. The Hall–Kier alpha value is -3.21. The molecule has 158 valence electrons. The van der Waals surface area contributed by atoms with Gasteiger partial charge in [-0.2, -0.15) is 18.3 Å². The Bertz CT molecular complexity index is 1070. The summed E-state index contributed by atoms with van der Waals surface area (Å²) in [5, 5.41) is 9.64. The summed E-state index contributed by atoms with van der Waals surface area (Å²) in [7, 11) is 0. The number of aromatic nitrogens is 4. The summed E-state index contributed by atoms with van der Waals surface area (Å²) in [4.78, 5) is 20.6. The highest BCUT2D eigenvalue weighted by Gasteiger charge is 2.34. The highest BCUT2D eigenvalue weighted by molar-refractivity contribution is 6.08. The summed E-state index contributed by atoms with van der Waals surface area (Å²) in [6.45, 7) is 0. The monoisotopic (exact) mass is 419 g/mol. The predicted molar refractivity (Wildman–Crippen MR) is 104 cm³/mol. The van der Waals surface area contributed by atoms with Gasteiger partial charge < -0.3 is 16.4 Å². The Kier molecular flexibility index (Phi) is 5.29. The van der Waals surface area contributed by atoms with Crippen molar-refractivity contribution in [2.24, 2.45) is 5.73 Å². The number of carbonyl (C=O) groups is 1. The molecule has 2 atom stereocenters. The molecule has 0 aromatic carbocycles. The van der Waals surface area contributed by atoms with Gasteiger partial charge in [-0.25, -0.2) is 9.50 Å². The number of pyridine rings is 1. The maximum Gasteiger partial charge on any atom is 0.419 e. The lowest BCUT2D eigenvalue weighted by Gasteiger charge is -2.29. The molecule has 11 heteroatoms. The van der Waals surface area contributed by atoms with Gasteiger partial charge in [0.25, 0.3) is 5.91 Å². The van der Waals surface area contributed by atoms with Gasteiger partial charge in [0.05, 0.1) is 17.4 Å². The average Bonchev–Trinajstić information content (AvgIpc) is 3.13. The Balaban J connectivity index is 1.59. The second-order valence-electron chi connectivity index (χ2n) is 7.21. The fraction of sp³-hybridized carbons (Fsp3) is 0.368. The minimum atomic E-state index is -4.65. The second kappa shape index (κ2) is 7.90. The predicted octanol–water partition coefficient (Wildman–Crippen LogP) is 3.08. The molecule has 3 heterocycles. The first kappa shape index (κ1) is 20.1. The van der Waals surface area contributed by atoms with Gasteiger partial charge in [-0.15, -0.1) is 0 Å². The van der Waals surface area contributed by atoms with Crippen LogP contribution < -0.4 is 16.4 Å². The fourth-order valence-corrected chi connectivity index (χ4v) is 3.56. The molecule has 0 spiro atoms. The number of amides is 1. The van der Waals surface area contributed by atoms with Gasteiger partial charge in [-0.3, -0.25) is 9.78 Å². The summed E-state index contributed by atoms with van der Waals surface area (Å²) in [5.41, 5.74) is 5.03. The van der Waals surface area contributed by atoms with Crippen LogP contribution in [0.5, 0.6) is 0 Å². The molecule has 3 aromatic heterocycles. The first-order valence-corrected chi connectivity index (χ1v) is 9.52. The van der Waals surface area contributed by atoms with Crippen LogP contribution in [0.15, 0.2) is 36.9 Å². The van der Waals surface area contributed by atoms with Crippen LogP contribution in [0.1, 0.15) is 41.6 Å². The highest BCUT2D eigenvalue weighted by atomic mass is 19.4. The van der Waals surface area contributed by atoms with Crippen molar-refractivity contribution in [3.05, 3.63) is 48.0 Å². The van der Waals surface area contributed by atoms with Gasteiger partial charge in [0, 0.05) is 30.7 Å². The number of anilines is 2. The van der Waals surface area contributed by atoms with Crippen molar-refractivity contribution in [3.63, 3.8) is 0 Å². The molecule has 0 aliphatic heterocycles. The van der Waals surface area contributed by atoms with Crippen LogP contribution in [0.3, 0.4) is 0 Å². The van der Waals surface area contributed by atoms with E-state index in [9.17, 15) is 18.0 Å². The molecule has 1 aliphatic carbocycles. The molecule has 1 aliphatic rings. The van der Waals surface area contributed by atoms with E-state index in [1.54, 1.807) is 12.3 Å². The number of hydrogen-bond acceptors (Lipinski definition) is 6. The standard InChI is InChI=1S/C19H20F3N7O/c20-19(21,22)12-10-24-7-5-14(12)27-18(30)11-9-25-29-8-6-16(28-17(11)29)26-15-4-2-1-3-13(15)23/h5-10,13,15H,1-4,23H2,(H,26,28)(H,24,27,30)/t13-,15+/m0/s1. The average molecular weight is 419 g/mol. The van der Waals surface area contributed by atoms with E-state index >= 15 is 0 Å². The van der Waals surface area contributed by atoms with Crippen molar-refractivity contribution >= 4 is 23.1 Å². The minimum absolute atomic E-state index is 0.0111. The number of fused-ring (bicyclic) bond motifs is 1.